The average Bonchev–Trinajstić information content (AvgIpc) is 2.12. The van der Waals surface area contributed by atoms with Gasteiger partial charge in [-0.3, -0.25) is 0 Å². The van der Waals surface area contributed by atoms with E-state index in [9.17, 15) is 0 Å². The molecule has 1 atom stereocenters. The fourth-order valence-electron chi connectivity index (χ4n) is 1.81. The molecule has 0 bridgehead atoms. The minimum absolute atomic E-state index is 0.173. The molecule has 0 amide bonds. The molecule has 19 heavy (non-hydrogen) atoms. The van der Waals surface area contributed by atoms with Gasteiger partial charge in [-0.25, -0.2) is 0 Å². The monoisotopic (exact) mass is 279 g/mol. The second-order valence-corrected chi connectivity index (χ2v) is 7.96. The van der Waals surface area contributed by atoms with Crippen LogP contribution >= 0.6 is 12.6 Å². The molecule has 0 saturated heterocycles. The Hall–Kier alpha value is -0.730. The van der Waals surface area contributed by atoms with Gasteiger partial charge < -0.3 is 5.73 Å². The van der Waals surface area contributed by atoms with Crippen molar-refractivity contribution in [2.24, 2.45) is 5.73 Å². The first-order chi connectivity index (χ1) is 8.49. The topological polar surface area (TPSA) is 26.0 Å². The predicted molar refractivity (Wildman–Crippen MR) is 90.9 cm³/mol. The molecule has 0 heterocycles. The Morgan fingerprint density at radius 3 is 1.95 bits per heavy atom. The highest BCUT2D eigenvalue weighted by atomic mass is 32.1. The first kappa shape index (κ1) is 18.3. The van der Waals surface area contributed by atoms with Crippen LogP contribution in [0, 0.1) is 0 Å². The maximum absolute atomic E-state index is 6.19. The molecule has 1 nitrogen and oxygen atoms in total. The molecule has 2 N–H and O–H groups in total. The predicted octanol–water partition coefficient (Wildman–Crippen LogP) is 4.63. The number of nitrogens with two attached hydrogens (primary N) is 1. The highest BCUT2D eigenvalue weighted by Crippen LogP contribution is 2.17. The molecule has 0 radical (unpaired) electrons. The van der Waals surface area contributed by atoms with Gasteiger partial charge >= 0.3 is 0 Å². The second kappa shape index (κ2) is 7.76. The Morgan fingerprint density at radius 2 is 1.58 bits per heavy atom. The van der Waals surface area contributed by atoms with Crippen molar-refractivity contribution < 1.29 is 0 Å². The SMILES string of the molecule is C=C(C)CC(C)(N)Cc1ccccc1.CC(C)(C)S. The smallest absolute Gasteiger partial charge is 0.0203 e. The highest BCUT2D eigenvalue weighted by Gasteiger charge is 2.18. The average molecular weight is 279 g/mol. The molecule has 0 spiro atoms. The Bertz CT molecular complexity index is 368. The molecule has 1 aromatic carbocycles. The van der Waals surface area contributed by atoms with E-state index in [4.69, 9.17) is 5.73 Å². The molecule has 0 aliphatic rings. The molecule has 1 aromatic rings. The Morgan fingerprint density at radius 1 is 1.16 bits per heavy atom. The zero-order chi connectivity index (χ0) is 15.1. The van der Waals surface area contributed by atoms with Crippen molar-refractivity contribution >= 4 is 12.6 Å². The third-order valence-corrected chi connectivity index (χ3v) is 2.16. The van der Waals surface area contributed by atoms with Crippen molar-refractivity contribution in [1.82, 2.24) is 0 Å². The summed E-state index contributed by atoms with van der Waals surface area (Å²) in [6.45, 7) is 14.2. The van der Waals surface area contributed by atoms with E-state index in [1.807, 2.05) is 25.1 Å². The van der Waals surface area contributed by atoms with Crippen molar-refractivity contribution in [2.75, 3.05) is 0 Å². The molecule has 108 valence electrons. The summed E-state index contributed by atoms with van der Waals surface area (Å²) < 4.78 is 0.194. The van der Waals surface area contributed by atoms with Crippen LogP contribution in [0.4, 0.5) is 0 Å². The van der Waals surface area contributed by atoms with E-state index in [1.54, 1.807) is 0 Å². The quantitative estimate of drug-likeness (QED) is 0.610. The Kier molecular flexibility index (Phi) is 7.46. The van der Waals surface area contributed by atoms with Crippen LogP contribution in [0.3, 0.4) is 0 Å². The Labute approximate surface area is 124 Å². The molecule has 2 heteroatoms. The van der Waals surface area contributed by atoms with Gasteiger partial charge in [-0.15, -0.1) is 6.58 Å². The lowest BCUT2D eigenvalue weighted by Crippen LogP contribution is -2.38. The number of rotatable bonds is 4. The fourth-order valence-corrected chi connectivity index (χ4v) is 1.81. The number of hydrogen-bond donors (Lipinski definition) is 2. The van der Waals surface area contributed by atoms with Crippen LogP contribution in [0.2, 0.25) is 0 Å². The largest absolute Gasteiger partial charge is 0.325 e. The van der Waals surface area contributed by atoms with Crippen LogP contribution in [0.25, 0.3) is 0 Å². The van der Waals surface area contributed by atoms with Crippen LogP contribution in [0.15, 0.2) is 42.5 Å². The lowest BCUT2D eigenvalue weighted by molar-refractivity contribution is 0.462. The summed E-state index contributed by atoms with van der Waals surface area (Å²) in [5.74, 6) is 0. The number of benzene rings is 1. The van der Waals surface area contributed by atoms with Crippen molar-refractivity contribution in [2.45, 2.75) is 57.7 Å². The van der Waals surface area contributed by atoms with Gasteiger partial charge in [0.15, 0.2) is 0 Å². The number of hydrogen-bond acceptors (Lipinski definition) is 2. The second-order valence-electron chi connectivity index (χ2n) is 6.62. The molecule has 1 rings (SSSR count). The van der Waals surface area contributed by atoms with Crippen LogP contribution in [-0.4, -0.2) is 10.3 Å². The van der Waals surface area contributed by atoms with E-state index < -0.39 is 0 Å². The number of thiol groups is 1. The highest BCUT2D eigenvalue weighted by molar-refractivity contribution is 7.81. The Balaban J connectivity index is 0.000000555. The summed E-state index contributed by atoms with van der Waals surface area (Å²) in [6.07, 6.45) is 1.78. The van der Waals surface area contributed by atoms with Crippen LogP contribution in [0.5, 0.6) is 0 Å². The lowest BCUT2D eigenvalue weighted by atomic mass is 9.88. The van der Waals surface area contributed by atoms with Gasteiger partial charge in [0.05, 0.1) is 0 Å². The van der Waals surface area contributed by atoms with Crippen LogP contribution in [0.1, 0.15) is 46.6 Å². The van der Waals surface area contributed by atoms with Crippen molar-refractivity contribution in [3.8, 4) is 0 Å². The maximum atomic E-state index is 6.19. The van der Waals surface area contributed by atoms with Crippen LogP contribution in [-0.2, 0) is 6.42 Å². The molecule has 0 aromatic heterocycles. The molecule has 0 aliphatic heterocycles. The third-order valence-electron chi connectivity index (χ3n) is 2.16. The molecule has 0 fully saturated rings. The standard InChI is InChI=1S/C13H19N.C4H10S/c1-11(2)9-13(3,14)10-12-7-5-4-6-8-12;1-4(2,3)5/h4-8H,1,9-10,14H2,2-3H3;5H,1-3H3. The zero-order valence-corrected chi connectivity index (χ0v) is 13.9. The lowest BCUT2D eigenvalue weighted by Gasteiger charge is -2.24. The van der Waals surface area contributed by atoms with E-state index >= 15 is 0 Å². The first-order valence-electron chi connectivity index (χ1n) is 6.69. The molecular formula is C17H29NS. The van der Waals surface area contributed by atoms with E-state index in [-0.39, 0.29) is 10.3 Å². The van der Waals surface area contributed by atoms with Gasteiger partial charge in [0.1, 0.15) is 0 Å². The van der Waals surface area contributed by atoms with Gasteiger partial charge in [0.25, 0.3) is 0 Å². The minimum Gasteiger partial charge on any atom is -0.325 e. The van der Waals surface area contributed by atoms with Gasteiger partial charge in [-0.1, -0.05) is 56.7 Å². The van der Waals surface area contributed by atoms with Gasteiger partial charge in [0.2, 0.25) is 0 Å². The van der Waals surface area contributed by atoms with Gasteiger partial charge in [-0.05, 0) is 32.3 Å². The van der Waals surface area contributed by atoms with E-state index in [1.165, 1.54) is 5.56 Å². The summed E-state index contributed by atoms with van der Waals surface area (Å²) in [7, 11) is 0. The summed E-state index contributed by atoms with van der Waals surface area (Å²) >= 11 is 4.12. The van der Waals surface area contributed by atoms with Crippen molar-refractivity contribution in [1.29, 1.82) is 0 Å². The zero-order valence-electron chi connectivity index (χ0n) is 13.0. The normalized spacial score (nSPS) is 14.1. The molecular weight excluding hydrogens is 250 g/mol. The maximum Gasteiger partial charge on any atom is 0.0203 e. The minimum atomic E-state index is -0.173. The summed E-state index contributed by atoms with van der Waals surface area (Å²) in [5, 5.41) is 0. The van der Waals surface area contributed by atoms with E-state index in [2.05, 4.69) is 59.0 Å². The van der Waals surface area contributed by atoms with E-state index in [0.717, 1.165) is 18.4 Å². The van der Waals surface area contributed by atoms with E-state index in [0.29, 0.717) is 0 Å². The van der Waals surface area contributed by atoms with Gasteiger partial charge in [0, 0.05) is 10.3 Å². The molecule has 1 unspecified atom stereocenters. The van der Waals surface area contributed by atoms with Gasteiger partial charge in [-0.2, -0.15) is 12.6 Å². The molecule has 0 aliphatic carbocycles. The summed E-state index contributed by atoms with van der Waals surface area (Å²) in [4.78, 5) is 0. The fraction of sp³-hybridized carbons (Fsp3) is 0.529. The third kappa shape index (κ3) is 13.5. The first-order valence-corrected chi connectivity index (χ1v) is 7.14. The van der Waals surface area contributed by atoms with Crippen molar-refractivity contribution in [3.05, 3.63) is 48.0 Å². The van der Waals surface area contributed by atoms with Crippen LogP contribution < -0.4 is 5.73 Å². The summed E-state index contributed by atoms with van der Waals surface area (Å²) in [6, 6.07) is 10.3. The van der Waals surface area contributed by atoms with Crippen molar-refractivity contribution in [3.63, 3.8) is 0 Å². The molecule has 0 saturated carbocycles. The summed E-state index contributed by atoms with van der Waals surface area (Å²) in [5.41, 5.74) is 8.45.